The smallest absolute Gasteiger partial charge is 0.305 e. The van der Waals surface area contributed by atoms with E-state index in [1.807, 2.05) is 0 Å². The van der Waals surface area contributed by atoms with E-state index in [4.69, 9.17) is 14.0 Å². The summed E-state index contributed by atoms with van der Waals surface area (Å²) in [5, 5.41) is 0. The van der Waals surface area contributed by atoms with Crippen LogP contribution in [-0.4, -0.2) is 31.8 Å². The molecule has 0 heterocycles. The molecule has 5 nitrogen and oxygen atoms in total. The Bertz CT molecular complexity index is 293. The minimum absolute atomic E-state index is 0.0664. The fraction of sp³-hybridized carbons (Fsp3) is 0.895. The Kier molecular flexibility index (Phi) is 24.2. The minimum Gasteiger partial charge on any atom is -0.466 e. The molecule has 0 rings (SSSR count). The summed E-state index contributed by atoms with van der Waals surface area (Å²) in [6.45, 7) is 6.82. The lowest BCUT2D eigenvalue weighted by Gasteiger charge is -2.05. The van der Waals surface area contributed by atoms with Crippen molar-refractivity contribution in [3.63, 3.8) is 0 Å². The normalized spacial score (nSPS) is 10.0. The molecule has 0 aromatic rings. The van der Waals surface area contributed by atoms with Crippen molar-refractivity contribution in [2.45, 2.75) is 90.9 Å². The zero-order valence-corrected chi connectivity index (χ0v) is 17.3. The van der Waals surface area contributed by atoms with E-state index in [2.05, 4.69) is 13.8 Å². The van der Waals surface area contributed by atoms with Gasteiger partial charge in [-0.2, -0.15) is 0 Å². The van der Waals surface area contributed by atoms with E-state index in [9.17, 15) is 9.59 Å². The number of hydrogen-bond acceptors (Lipinski definition) is 5. The Morgan fingerprint density at radius 1 is 0.680 bits per heavy atom. The maximum absolute atomic E-state index is 11.4. The van der Waals surface area contributed by atoms with Crippen molar-refractivity contribution in [2.75, 3.05) is 19.9 Å². The summed E-state index contributed by atoms with van der Waals surface area (Å²) >= 11 is 0. The third-order valence-corrected chi connectivity index (χ3v) is 3.53. The van der Waals surface area contributed by atoms with E-state index in [0.29, 0.717) is 26.1 Å². The summed E-state index contributed by atoms with van der Waals surface area (Å²) in [6.07, 6.45) is 11.3. The number of carbonyl (C=O) groups excluding carboxylic acids is 2. The number of rotatable bonds is 15. The van der Waals surface area contributed by atoms with Crippen LogP contribution >= 0.6 is 8.46 Å². The van der Waals surface area contributed by atoms with Crippen LogP contribution in [0.15, 0.2) is 0 Å². The molecule has 0 atom stereocenters. The summed E-state index contributed by atoms with van der Waals surface area (Å²) < 4.78 is 19.1. The van der Waals surface area contributed by atoms with Crippen LogP contribution in [-0.2, 0) is 23.6 Å². The van der Waals surface area contributed by atoms with Gasteiger partial charge in [-0.25, -0.2) is 0 Å². The van der Waals surface area contributed by atoms with Gasteiger partial charge in [0.2, 0.25) is 0 Å². The highest BCUT2D eigenvalue weighted by molar-refractivity contribution is 7.22. The lowest BCUT2D eigenvalue weighted by atomic mass is 10.1. The maximum Gasteiger partial charge on any atom is 0.305 e. The third kappa shape index (κ3) is 25.4. The number of hydrogen-bond donors (Lipinski definition) is 0. The zero-order chi connectivity index (χ0) is 19.2. The molecule has 0 N–H and O–H groups in total. The van der Waals surface area contributed by atoms with Gasteiger partial charge in [-0.05, 0) is 25.7 Å². The van der Waals surface area contributed by atoms with Gasteiger partial charge in [-0.15, -0.1) is 0 Å². The molecule has 0 spiro atoms. The molecule has 0 aromatic carbocycles. The molecule has 6 heteroatoms. The summed E-state index contributed by atoms with van der Waals surface area (Å²) in [7, 11) is 0.167. The molecule has 0 saturated carbocycles. The highest BCUT2D eigenvalue weighted by atomic mass is 31.1. The quantitative estimate of drug-likeness (QED) is 0.208. The van der Waals surface area contributed by atoms with E-state index in [-0.39, 0.29) is 20.4 Å². The van der Waals surface area contributed by atoms with Gasteiger partial charge < -0.3 is 9.47 Å². The molecule has 0 amide bonds. The summed E-state index contributed by atoms with van der Waals surface area (Å²) in [5.41, 5.74) is 0. The fourth-order valence-corrected chi connectivity index (χ4v) is 2.05. The zero-order valence-electron chi connectivity index (χ0n) is 16.4. The highest BCUT2D eigenvalue weighted by Gasteiger charge is 2.03. The van der Waals surface area contributed by atoms with E-state index in [1.54, 1.807) is 6.66 Å². The van der Waals surface area contributed by atoms with E-state index in [0.717, 1.165) is 64.2 Å². The topological polar surface area (TPSA) is 69.7 Å². The molecular weight excluding hydrogens is 339 g/mol. The molecule has 0 aliphatic carbocycles. The van der Waals surface area contributed by atoms with Crippen LogP contribution in [0.25, 0.3) is 0 Å². The van der Waals surface area contributed by atoms with Crippen molar-refractivity contribution in [3.8, 4) is 0 Å². The van der Waals surface area contributed by atoms with Crippen LogP contribution in [0.3, 0.4) is 0 Å². The number of carbonyl (C=O) groups is 2. The molecule has 0 bridgehead atoms. The van der Waals surface area contributed by atoms with Gasteiger partial charge in [-0.3, -0.25) is 14.2 Å². The van der Waals surface area contributed by atoms with Crippen LogP contribution in [0, 0.1) is 0 Å². The molecule has 0 aliphatic rings. The van der Waals surface area contributed by atoms with Crippen LogP contribution in [0.1, 0.15) is 90.9 Å². The Labute approximate surface area is 155 Å². The summed E-state index contributed by atoms with van der Waals surface area (Å²) in [4.78, 5) is 22.7. The molecule has 0 fully saturated rings. The first-order chi connectivity index (χ1) is 12.1. The molecule has 0 unspecified atom stereocenters. The summed E-state index contributed by atoms with van der Waals surface area (Å²) in [5.74, 6) is -0.133. The molecule has 0 saturated heterocycles. The minimum atomic E-state index is -0.0664. The second-order valence-corrected chi connectivity index (χ2v) is 6.32. The lowest BCUT2D eigenvalue weighted by Crippen LogP contribution is -2.05. The molecule has 0 aromatic heterocycles. The van der Waals surface area contributed by atoms with Crippen molar-refractivity contribution in [1.82, 2.24) is 0 Å². The Hall–Kier alpha value is -0.960. The number of ether oxygens (including phenoxy) is 2. The van der Waals surface area contributed by atoms with Crippen LogP contribution in [0.2, 0.25) is 0 Å². The standard InChI is InChI=1S/C18H34O4.CH3OP/c1-3-5-15-21-17(19)13-11-9-7-8-10-12-14-18(20)22-16-6-4-2;1-3-2/h3-16H2,1-2H3;1H3. The lowest BCUT2D eigenvalue weighted by molar-refractivity contribution is -0.144. The number of unbranched alkanes of at least 4 members (excludes halogenated alkanes) is 7. The molecular formula is C19H37O5P. The second-order valence-electron chi connectivity index (χ2n) is 5.95. The highest BCUT2D eigenvalue weighted by Crippen LogP contribution is 2.10. The van der Waals surface area contributed by atoms with Gasteiger partial charge >= 0.3 is 11.9 Å². The van der Waals surface area contributed by atoms with Gasteiger partial charge in [0.05, 0.1) is 13.2 Å². The van der Waals surface area contributed by atoms with Gasteiger partial charge in [0.1, 0.15) is 0 Å². The average Bonchev–Trinajstić information content (AvgIpc) is 2.58. The fourth-order valence-electron chi connectivity index (χ4n) is 2.05. The molecule has 25 heavy (non-hydrogen) atoms. The van der Waals surface area contributed by atoms with E-state index < -0.39 is 0 Å². The molecule has 148 valence electrons. The molecule has 0 aliphatic heterocycles. The van der Waals surface area contributed by atoms with Crippen molar-refractivity contribution in [2.24, 2.45) is 0 Å². The van der Waals surface area contributed by atoms with Gasteiger partial charge in [0, 0.05) is 19.5 Å². The Morgan fingerprint density at radius 3 is 1.32 bits per heavy atom. The van der Waals surface area contributed by atoms with Crippen molar-refractivity contribution < 1.29 is 23.6 Å². The van der Waals surface area contributed by atoms with Crippen LogP contribution in [0.5, 0.6) is 0 Å². The SMILES string of the molecule is CCCCOC(=O)CCCCCCCCC(=O)OCCCC.CP=O. The second kappa shape index (κ2) is 23.0. The Balaban J connectivity index is 0. The van der Waals surface area contributed by atoms with Crippen molar-refractivity contribution >= 4 is 20.4 Å². The third-order valence-electron chi connectivity index (χ3n) is 3.53. The van der Waals surface area contributed by atoms with Gasteiger partial charge in [-0.1, -0.05) is 52.4 Å². The van der Waals surface area contributed by atoms with Gasteiger partial charge in [0.25, 0.3) is 0 Å². The summed E-state index contributed by atoms with van der Waals surface area (Å²) in [6, 6.07) is 0. The van der Waals surface area contributed by atoms with Crippen molar-refractivity contribution in [1.29, 1.82) is 0 Å². The predicted molar refractivity (Wildman–Crippen MR) is 102 cm³/mol. The monoisotopic (exact) mass is 376 g/mol. The predicted octanol–water partition coefficient (Wildman–Crippen LogP) is 5.70. The first kappa shape index (κ1) is 26.3. The van der Waals surface area contributed by atoms with E-state index >= 15 is 0 Å². The average molecular weight is 376 g/mol. The van der Waals surface area contributed by atoms with Gasteiger partial charge in [0.15, 0.2) is 8.46 Å². The van der Waals surface area contributed by atoms with E-state index in [1.165, 1.54) is 0 Å². The maximum atomic E-state index is 11.4. The van der Waals surface area contributed by atoms with Crippen LogP contribution < -0.4 is 0 Å². The Morgan fingerprint density at radius 2 is 1.00 bits per heavy atom. The molecule has 0 radical (unpaired) electrons. The van der Waals surface area contributed by atoms with Crippen LogP contribution in [0.4, 0.5) is 0 Å². The van der Waals surface area contributed by atoms with Crippen molar-refractivity contribution in [3.05, 3.63) is 0 Å². The largest absolute Gasteiger partial charge is 0.466 e. The first-order valence-corrected chi connectivity index (χ1v) is 10.9. The first-order valence-electron chi connectivity index (χ1n) is 9.64. The number of esters is 2.